The van der Waals surface area contributed by atoms with Gasteiger partial charge in [0.1, 0.15) is 0 Å². The van der Waals surface area contributed by atoms with E-state index in [1.807, 2.05) is 0 Å². The van der Waals surface area contributed by atoms with E-state index in [1.165, 1.54) is 0 Å². The summed E-state index contributed by atoms with van der Waals surface area (Å²) in [5, 5.41) is 0. The van der Waals surface area contributed by atoms with Gasteiger partial charge in [-0.2, -0.15) is 0 Å². The van der Waals surface area contributed by atoms with E-state index >= 15 is 0 Å². The first kappa shape index (κ1) is 17.6. The van der Waals surface area contributed by atoms with Gasteiger partial charge in [-0.05, 0) is 49.9 Å². The zero-order chi connectivity index (χ0) is 17.0. The summed E-state index contributed by atoms with van der Waals surface area (Å²) < 4.78 is 10.3. The number of hydrogen-bond donors (Lipinski definition) is 0. The van der Waals surface area contributed by atoms with Gasteiger partial charge in [0.15, 0.2) is 0 Å². The van der Waals surface area contributed by atoms with Crippen molar-refractivity contribution in [1.29, 1.82) is 0 Å². The molecule has 0 amide bonds. The van der Waals surface area contributed by atoms with Gasteiger partial charge in [0.05, 0.1) is 24.3 Å². The highest BCUT2D eigenvalue weighted by molar-refractivity contribution is 5.89. The van der Waals surface area contributed by atoms with Crippen LogP contribution in [-0.2, 0) is 9.47 Å². The molecule has 0 saturated heterocycles. The molecule has 6 heteroatoms. The molecule has 0 spiro atoms. The molecule has 24 heavy (non-hydrogen) atoms. The van der Waals surface area contributed by atoms with Crippen molar-refractivity contribution in [3.63, 3.8) is 0 Å². The normalized spacial score (nSPS) is 10.2. The van der Waals surface area contributed by atoms with Crippen molar-refractivity contribution in [1.82, 2.24) is 9.97 Å². The summed E-state index contributed by atoms with van der Waals surface area (Å²) in [6.07, 6.45) is 9.64. The maximum absolute atomic E-state index is 11.7. The molecule has 0 aliphatic heterocycles. The fourth-order valence-corrected chi connectivity index (χ4v) is 2.03. The second kappa shape index (κ2) is 10.1. The second-order valence-electron chi connectivity index (χ2n) is 5.16. The number of rotatable bonds is 9. The van der Waals surface area contributed by atoms with Crippen molar-refractivity contribution < 1.29 is 19.1 Å². The Morgan fingerprint density at radius 1 is 0.667 bits per heavy atom. The number of aromatic nitrogens is 2. The molecule has 2 rings (SSSR count). The number of hydrogen-bond acceptors (Lipinski definition) is 6. The van der Waals surface area contributed by atoms with Crippen LogP contribution < -0.4 is 0 Å². The van der Waals surface area contributed by atoms with E-state index in [1.54, 1.807) is 49.1 Å². The minimum atomic E-state index is -0.330. The molecule has 0 fully saturated rings. The van der Waals surface area contributed by atoms with E-state index in [-0.39, 0.29) is 11.9 Å². The molecule has 0 aliphatic carbocycles. The Balaban J connectivity index is 1.48. The Morgan fingerprint density at radius 2 is 1.04 bits per heavy atom. The van der Waals surface area contributed by atoms with Crippen LogP contribution in [0.25, 0.3) is 0 Å². The topological polar surface area (TPSA) is 78.4 Å². The summed E-state index contributed by atoms with van der Waals surface area (Å²) >= 11 is 0. The first-order chi connectivity index (χ1) is 11.8. The molecule has 6 nitrogen and oxygen atoms in total. The zero-order valence-corrected chi connectivity index (χ0v) is 13.4. The molecule has 0 unspecified atom stereocenters. The van der Waals surface area contributed by atoms with Crippen LogP contribution in [0, 0.1) is 0 Å². The molecule has 2 aromatic heterocycles. The van der Waals surface area contributed by atoms with E-state index in [0.717, 1.165) is 25.7 Å². The number of carbonyl (C=O) groups is 2. The molecule has 2 heterocycles. The van der Waals surface area contributed by atoms with Gasteiger partial charge in [-0.25, -0.2) is 9.59 Å². The quantitative estimate of drug-likeness (QED) is 0.520. The number of nitrogens with zero attached hydrogens (tertiary/aromatic N) is 2. The summed E-state index contributed by atoms with van der Waals surface area (Å²) in [7, 11) is 0. The van der Waals surface area contributed by atoms with Crippen LogP contribution >= 0.6 is 0 Å². The lowest BCUT2D eigenvalue weighted by atomic mass is 10.2. The van der Waals surface area contributed by atoms with E-state index in [9.17, 15) is 9.59 Å². The monoisotopic (exact) mass is 328 g/mol. The van der Waals surface area contributed by atoms with Crippen LogP contribution in [0.5, 0.6) is 0 Å². The largest absolute Gasteiger partial charge is 0.462 e. The molecule has 0 aliphatic rings. The van der Waals surface area contributed by atoms with Crippen LogP contribution in [0.4, 0.5) is 0 Å². The Kier molecular flexibility index (Phi) is 7.40. The number of carbonyl (C=O) groups excluding carboxylic acids is 2. The second-order valence-corrected chi connectivity index (χ2v) is 5.16. The zero-order valence-electron chi connectivity index (χ0n) is 13.4. The van der Waals surface area contributed by atoms with Crippen molar-refractivity contribution in [2.75, 3.05) is 13.2 Å². The summed E-state index contributed by atoms with van der Waals surface area (Å²) in [6.45, 7) is 0.774. The van der Waals surface area contributed by atoms with Crippen molar-refractivity contribution in [3.05, 3.63) is 60.2 Å². The molecule has 0 aromatic carbocycles. The first-order valence-electron chi connectivity index (χ1n) is 7.91. The van der Waals surface area contributed by atoms with E-state index in [0.29, 0.717) is 24.3 Å². The fourth-order valence-electron chi connectivity index (χ4n) is 2.03. The molecule has 126 valence electrons. The van der Waals surface area contributed by atoms with Crippen LogP contribution in [0.3, 0.4) is 0 Å². The lowest BCUT2D eigenvalue weighted by Gasteiger charge is -2.06. The third-order valence-electron chi connectivity index (χ3n) is 3.34. The van der Waals surface area contributed by atoms with Crippen LogP contribution in [-0.4, -0.2) is 35.1 Å². The Labute approximate surface area is 140 Å². The number of ether oxygens (including phenoxy) is 2. The molecule has 0 atom stereocenters. The van der Waals surface area contributed by atoms with Crippen LogP contribution in [0.15, 0.2) is 49.1 Å². The van der Waals surface area contributed by atoms with Gasteiger partial charge in [0, 0.05) is 24.8 Å². The van der Waals surface area contributed by atoms with Crippen molar-refractivity contribution >= 4 is 11.9 Å². The van der Waals surface area contributed by atoms with Crippen LogP contribution in [0.2, 0.25) is 0 Å². The summed E-state index contributed by atoms with van der Waals surface area (Å²) in [5.74, 6) is -0.660. The van der Waals surface area contributed by atoms with Crippen LogP contribution in [0.1, 0.15) is 46.4 Å². The minimum Gasteiger partial charge on any atom is -0.462 e. The molecule has 0 N–H and O–H groups in total. The maximum atomic E-state index is 11.7. The fraction of sp³-hybridized carbons (Fsp3) is 0.333. The Hall–Kier alpha value is -2.76. The third-order valence-corrected chi connectivity index (χ3v) is 3.34. The van der Waals surface area contributed by atoms with Gasteiger partial charge in [0.25, 0.3) is 0 Å². The van der Waals surface area contributed by atoms with Gasteiger partial charge in [-0.1, -0.05) is 0 Å². The van der Waals surface area contributed by atoms with Gasteiger partial charge in [-0.15, -0.1) is 0 Å². The average Bonchev–Trinajstić information content (AvgIpc) is 2.65. The highest BCUT2D eigenvalue weighted by Crippen LogP contribution is 2.05. The Morgan fingerprint density at radius 3 is 1.42 bits per heavy atom. The third kappa shape index (κ3) is 6.16. The van der Waals surface area contributed by atoms with E-state index < -0.39 is 0 Å². The predicted octanol–water partition coefficient (Wildman–Crippen LogP) is 3.05. The van der Waals surface area contributed by atoms with Crippen molar-refractivity contribution in [2.24, 2.45) is 0 Å². The number of esters is 2. The molecule has 0 saturated carbocycles. The minimum absolute atomic E-state index is 0.330. The molecule has 2 aromatic rings. The molecule has 0 bridgehead atoms. The lowest BCUT2D eigenvalue weighted by molar-refractivity contribution is 0.0473. The average molecular weight is 328 g/mol. The molecular weight excluding hydrogens is 308 g/mol. The number of pyridine rings is 2. The summed E-state index contributed by atoms with van der Waals surface area (Å²) in [4.78, 5) is 31.1. The first-order valence-corrected chi connectivity index (χ1v) is 7.91. The smallest absolute Gasteiger partial charge is 0.338 e. The molecular formula is C18H20N2O4. The Bertz CT molecular complexity index is 574. The predicted molar refractivity (Wildman–Crippen MR) is 87.5 cm³/mol. The van der Waals surface area contributed by atoms with Gasteiger partial charge < -0.3 is 9.47 Å². The highest BCUT2D eigenvalue weighted by atomic mass is 16.5. The lowest BCUT2D eigenvalue weighted by Crippen LogP contribution is -2.07. The van der Waals surface area contributed by atoms with Gasteiger partial charge in [0.2, 0.25) is 0 Å². The summed E-state index contributed by atoms with van der Waals surface area (Å²) in [5.41, 5.74) is 1.01. The van der Waals surface area contributed by atoms with Gasteiger partial charge >= 0.3 is 11.9 Å². The maximum Gasteiger partial charge on any atom is 0.338 e. The summed E-state index contributed by atoms with van der Waals surface area (Å²) in [6, 6.07) is 6.50. The van der Waals surface area contributed by atoms with E-state index in [2.05, 4.69) is 9.97 Å². The van der Waals surface area contributed by atoms with Crippen molar-refractivity contribution in [3.8, 4) is 0 Å². The van der Waals surface area contributed by atoms with E-state index in [4.69, 9.17) is 9.47 Å². The SMILES string of the molecule is O=C(OCCCCCCOC(=O)c1ccncc1)c1ccncc1. The number of unbranched alkanes of at least 4 members (excludes halogenated alkanes) is 3. The highest BCUT2D eigenvalue weighted by Gasteiger charge is 2.06. The van der Waals surface area contributed by atoms with Gasteiger partial charge in [-0.3, -0.25) is 9.97 Å². The molecule has 0 radical (unpaired) electrons. The standard InChI is InChI=1S/C18H20N2O4/c21-17(15-5-9-19-10-6-15)23-13-3-1-2-4-14-24-18(22)16-7-11-20-12-8-16/h5-12H,1-4,13-14H2. The van der Waals surface area contributed by atoms with Crippen molar-refractivity contribution in [2.45, 2.75) is 25.7 Å².